The Morgan fingerprint density at radius 2 is 1.76 bits per heavy atom. The van der Waals surface area contributed by atoms with Crippen molar-refractivity contribution in [1.29, 1.82) is 0 Å². The fourth-order valence-corrected chi connectivity index (χ4v) is 4.81. The van der Waals surface area contributed by atoms with E-state index in [1.807, 2.05) is 60.8 Å². The van der Waals surface area contributed by atoms with Crippen LogP contribution in [0.4, 0.5) is 0 Å². The molecule has 0 aliphatic carbocycles. The van der Waals surface area contributed by atoms with Crippen LogP contribution < -0.4 is 4.74 Å². The van der Waals surface area contributed by atoms with Gasteiger partial charge in [0.15, 0.2) is 5.78 Å². The summed E-state index contributed by atoms with van der Waals surface area (Å²) in [5.41, 5.74) is 3.63. The zero-order chi connectivity index (χ0) is 23.3. The molecular formula is C28H31N3O3. The Hall–Kier alpha value is -3.06. The van der Waals surface area contributed by atoms with Gasteiger partial charge in [-0.15, -0.1) is 0 Å². The summed E-state index contributed by atoms with van der Waals surface area (Å²) in [5, 5.41) is 0. The Morgan fingerprint density at radius 3 is 2.44 bits per heavy atom. The number of piperazine rings is 1. The minimum atomic E-state index is 0.0397. The first kappa shape index (κ1) is 22.7. The number of benzene rings is 2. The van der Waals surface area contributed by atoms with Crippen LogP contribution in [0.1, 0.15) is 33.2 Å². The van der Waals surface area contributed by atoms with E-state index in [0.29, 0.717) is 5.56 Å². The van der Waals surface area contributed by atoms with Gasteiger partial charge >= 0.3 is 0 Å². The van der Waals surface area contributed by atoms with Crippen LogP contribution in [0.2, 0.25) is 0 Å². The lowest BCUT2D eigenvalue weighted by molar-refractivity contribution is 0.0814. The molecule has 2 saturated heterocycles. The van der Waals surface area contributed by atoms with Crippen LogP contribution in [0.5, 0.6) is 5.75 Å². The molecule has 1 aromatic heterocycles. The number of methoxy groups -OCH3 is 1. The number of ether oxygens (including phenoxy) is 2. The standard InChI is InChI=1S/C28H31N3O3/c1-33-23-11-9-21(10-12-23)28(32)25-8-3-2-7-24(25)27(26-20-34-26)31-18-16-30(17-19-31)15-13-22-6-4-5-14-29-22/h2-12,14,26-27H,13,15-20H2,1H3. The van der Waals surface area contributed by atoms with E-state index < -0.39 is 0 Å². The first-order chi connectivity index (χ1) is 16.7. The molecule has 0 N–H and O–H groups in total. The normalized spacial score (nSPS) is 19.5. The summed E-state index contributed by atoms with van der Waals surface area (Å²) in [5.74, 6) is 0.785. The van der Waals surface area contributed by atoms with Crippen LogP contribution in [0.15, 0.2) is 72.9 Å². The van der Waals surface area contributed by atoms with Crippen LogP contribution in [0.25, 0.3) is 0 Å². The predicted molar refractivity (Wildman–Crippen MR) is 131 cm³/mol. The first-order valence-corrected chi connectivity index (χ1v) is 12.0. The minimum absolute atomic E-state index is 0.0397. The molecule has 0 saturated carbocycles. The van der Waals surface area contributed by atoms with Crippen molar-refractivity contribution in [2.24, 2.45) is 0 Å². The van der Waals surface area contributed by atoms with Crippen molar-refractivity contribution in [3.63, 3.8) is 0 Å². The third-order valence-electron chi connectivity index (χ3n) is 6.80. The van der Waals surface area contributed by atoms with Gasteiger partial charge < -0.3 is 14.4 Å². The molecule has 3 aromatic rings. The molecule has 2 atom stereocenters. The summed E-state index contributed by atoms with van der Waals surface area (Å²) in [6.07, 6.45) is 2.97. The molecule has 34 heavy (non-hydrogen) atoms. The quantitative estimate of drug-likeness (QED) is 0.361. The summed E-state index contributed by atoms with van der Waals surface area (Å²) in [6, 6.07) is 21.5. The van der Waals surface area contributed by atoms with Gasteiger partial charge in [0.25, 0.3) is 0 Å². The topological polar surface area (TPSA) is 58.2 Å². The van der Waals surface area contributed by atoms with E-state index in [0.717, 1.165) is 68.3 Å². The van der Waals surface area contributed by atoms with Crippen molar-refractivity contribution in [3.05, 3.63) is 95.3 Å². The molecule has 0 bridgehead atoms. The molecule has 2 aliphatic heterocycles. The molecule has 2 fully saturated rings. The van der Waals surface area contributed by atoms with E-state index in [2.05, 4.69) is 26.9 Å². The average Bonchev–Trinajstić information content (AvgIpc) is 3.74. The Labute approximate surface area is 201 Å². The molecule has 0 spiro atoms. The van der Waals surface area contributed by atoms with Crippen LogP contribution >= 0.6 is 0 Å². The number of ketones is 1. The van der Waals surface area contributed by atoms with Crippen LogP contribution in [-0.4, -0.2) is 73.1 Å². The van der Waals surface area contributed by atoms with E-state index in [-0.39, 0.29) is 17.9 Å². The third-order valence-corrected chi connectivity index (χ3v) is 6.80. The molecule has 0 radical (unpaired) electrons. The van der Waals surface area contributed by atoms with E-state index in [1.54, 1.807) is 7.11 Å². The van der Waals surface area contributed by atoms with Gasteiger partial charge in [-0.1, -0.05) is 30.3 Å². The lowest BCUT2D eigenvalue weighted by Crippen LogP contribution is -2.49. The minimum Gasteiger partial charge on any atom is -0.497 e. The zero-order valence-corrected chi connectivity index (χ0v) is 19.6. The molecule has 176 valence electrons. The highest BCUT2D eigenvalue weighted by atomic mass is 16.6. The Bertz CT molecular complexity index is 1090. The van der Waals surface area contributed by atoms with Crippen LogP contribution in [-0.2, 0) is 11.2 Å². The molecule has 0 amide bonds. The zero-order valence-electron chi connectivity index (χ0n) is 19.6. The van der Waals surface area contributed by atoms with Crippen molar-refractivity contribution in [1.82, 2.24) is 14.8 Å². The second kappa shape index (κ2) is 10.5. The van der Waals surface area contributed by atoms with E-state index in [1.165, 1.54) is 0 Å². The third kappa shape index (κ3) is 5.20. The van der Waals surface area contributed by atoms with Crippen molar-refractivity contribution < 1.29 is 14.3 Å². The molecule has 6 nitrogen and oxygen atoms in total. The van der Waals surface area contributed by atoms with E-state index in [4.69, 9.17) is 9.47 Å². The van der Waals surface area contributed by atoms with Crippen molar-refractivity contribution in [2.45, 2.75) is 18.6 Å². The second-order valence-corrected chi connectivity index (χ2v) is 8.91. The van der Waals surface area contributed by atoms with Gasteiger partial charge in [0.2, 0.25) is 0 Å². The molecular weight excluding hydrogens is 426 g/mol. The second-order valence-electron chi connectivity index (χ2n) is 8.91. The number of rotatable bonds is 9. The summed E-state index contributed by atoms with van der Waals surface area (Å²) in [7, 11) is 1.63. The number of carbonyl (C=O) groups is 1. The summed E-state index contributed by atoms with van der Waals surface area (Å²) in [6.45, 7) is 5.68. The highest BCUT2D eigenvalue weighted by molar-refractivity contribution is 6.10. The smallest absolute Gasteiger partial charge is 0.193 e. The Morgan fingerprint density at radius 1 is 1.03 bits per heavy atom. The monoisotopic (exact) mass is 457 g/mol. The summed E-state index contributed by atoms with van der Waals surface area (Å²) in [4.78, 5) is 22.9. The highest BCUT2D eigenvalue weighted by Crippen LogP contribution is 2.36. The number of pyridine rings is 1. The lowest BCUT2D eigenvalue weighted by atomic mass is 9.91. The van der Waals surface area contributed by atoms with Gasteiger partial charge in [0, 0.05) is 62.2 Å². The average molecular weight is 458 g/mol. The molecule has 2 unspecified atom stereocenters. The SMILES string of the molecule is COc1ccc(C(=O)c2ccccc2C(C2CO2)N2CCN(CCc3ccccn3)CC2)cc1. The van der Waals surface area contributed by atoms with Crippen molar-refractivity contribution in [2.75, 3.05) is 46.4 Å². The number of epoxide rings is 1. The summed E-state index contributed by atoms with van der Waals surface area (Å²) < 4.78 is 11.0. The molecule has 5 rings (SSSR count). The summed E-state index contributed by atoms with van der Waals surface area (Å²) >= 11 is 0. The van der Waals surface area contributed by atoms with Crippen LogP contribution in [0.3, 0.4) is 0 Å². The predicted octanol–water partition coefficient (Wildman–Crippen LogP) is 3.62. The molecule has 2 aliphatic rings. The fraction of sp³-hybridized carbons (Fsp3) is 0.357. The van der Waals surface area contributed by atoms with Crippen molar-refractivity contribution >= 4 is 5.78 Å². The van der Waals surface area contributed by atoms with Crippen molar-refractivity contribution in [3.8, 4) is 5.75 Å². The number of hydrogen-bond donors (Lipinski definition) is 0. The maximum Gasteiger partial charge on any atom is 0.193 e. The number of aromatic nitrogens is 1. The molecule has 2 aromatic carbocycles. The maximum absolute atomic E-state index is 13.5. The van der Waals surface area contributed by atoms with Gasteiger partial charge in [0.1, 0.15) is 11.9 Å². The van der Waals surface area contributed by atoms with Gasteiger partial charge in [-0.3, -0.25) is 14.7 Å². The van der Waals surface area contributed by atoms with E-state index in [9.17, 15) is 4.79 Å². The number of hydrogen-bond acceptors (Lipinski definition) is 6. The molecule has 3 heterocycles. The Balaban J connectivity index is 1.29. The van der Waals surface area contributed by atoms with Crippen LogP contribution in [0, 0.1) is 0 Å². The largest absolute Gasteiger partial charge is 0.497 e. The number of nitrogens with zero attached hydrogens (tertiary/aromatic N) is 3. The molecule has 6 heteroatoms. The maximum atomic E-state index is 13.5. The van der Waals surface area contributed by atoms with Gasteiger partial charge in [-0.2, -0.15) is 0 Å². The Kier molecular flexibility index (Phi) is 7.00. The van der Waals surface area contributed by atoms with E-state index >= 15 is 0 Å². The first-order valence-electron chi connectivity index (χ1n) is 12.0. The van der Waals surface area contributed by atoms with Gasteiger partial charge in [-0.25, -0.2) is 0 Å². The highest BCUT2D eigenvalue weighted by Gasteiger charge is 2.40. The number of carbonyl (C=O) groups excluding carboxylic acids is 1. The lowest BCUT2D eigenvalue weighted by Gasteiger charge is -2.39. The fourth-order valence-electron chi connectivity index (χ4n) is 4.81. The van der Waals surface area contributed by atoms with Gasteiger partial charge in [0.05, 0.1) is 19.8 Å². The van der Waals surface area contributed by atoms with Gasteiger partial charge in [-0.05, 0) is 42.0 Å².